The van der Waals surface area contributed by atoms with Gasteiger partial charge in [0, 0.05) is 6.61 Å². The Bertz CT molecular complexity index is 1010. The SMILES string of the molecule is C=CC[C@@H](CCO[Si](c1ccccc1)(c1ccccc1)C(C)(C)C)O[C@H](c1ccccc1)[Si](C)(C)C. The van der Waals surface area contributed by atoms with Crippen molar-refractivity contribution >= 4 is 26.8 Å². The fraction of sp³-hybridized carbons (Fsp3) is 0.375. The monoisotopic (exact) mass is 516 g/mol. The zero-order chi connectivity index (χ0) is 26.2. The lowest BCUT2D eigenvalue weighted by atomic mass is 10.2. The first-order valence-corrected chi connectivity index (χ1v) is 18.6. The van der Waals surface area contributed by atoms with E-state index in [0.717, 1.165) is 12.8 Å². The average molecular weight is 517 g/mol. The normalized spacial score (nSPS) is 14.3. The number of ether oxygens (including phenoxy) is 1. The number of hydrogen-bond acceptors (Lipinski definition) is 2. The molecule has 0 aliphatic heterocycles. The highest BCUT2D eigenvalue weighted by atomic mass is 28.4. The zero-order valence-electron chi connectivity index (χ0n) is 23.0. The van der Waals surface area contributed by atoms with Crippen LogP contribution in [0.2, 0.25) is 24.7 Å². The van der Waals surface area contributed by atoms with E-state index in [4.69, 9.17) is 9.16 Å². The molecule has 3 aromatic rings. The second-order valence-corrected chi connectivity index (χ2v) is 21.3. The third-order valence-corrected chi connectivity index (χ3v) is 13.9. The van der Waals surface area contributed by atoms with E-state index in [9.17, 15) is 0 Å². The maximum Gasteiger partial charge on any atom is 0.261 e. The Kier molecular flexibility index (Phi) is 9.70. The predicted molar refractivity (Wildman–Crippen MR) is 160 cm³/mol. The molecule has 0 aliphatic rings. The van der Waals surface area contributed by atoms with Crippen LogP contribution in [0.1, 0.15) is 44.9 Å². The molecule has 0 spiro atoms. The van der Waals surface area contributed by atoms with Gasteiger partial charge < -0.3 is 9.16 Å². The van der Waals surface area contributed by atoms with Crippen molar-refractivity contribution in [3.05, 3.63) is 109 Å². The summed E-state index contributed by atoms with van der Waals surface area (Å²) in [7, 11) is -4.17. The highest BCUT2D eigenvalue weighted by molar-refractivity contribution is 6.99. The molecule has 0 heterocycles. The predicted octanol–water partition coefficient (Wildman–Crippen LogP) is 7.53. The van der Waals surface area contributed by atoms with Crippen LogP contribution in [0.25, 0.3) is 0 Å². The number of benzene rings is 3. The van der Waals surface area contributed by atoms with Crippen molar-refractivity contribution in [2.24, 2.45) is 0 Å². The summed E-state index contributed by atoms with van der Waals surface area (Å²) in [5, 5.41) is 2.60. The molecule has 4 heteroatoms. The quantitative estimate of drug-likeness (QED) is 0.183. The van der Waals surface area contributed by atoms with Crippen molar-refractivity contribution in [1.82, 2.24) is 0 Å². The van der Waals surface area contributed by atoms with E-state index in [2.05, 4.69) is 138 Å². The lowest BCUT2D eigenvalue weighted by Gasteiger charge is -2.43. The minimum absolute atomic E-state index is 0.0323. The molecule has 0 amide bonds. The van der Waals surface area contributed by atoms with Crippen molar-refractivity contribution in [1.29, 1.82) is 0 Å². The van der Waals surface area contributed by atoms with Gasteiger partial charge in [0.05, 0.1) is 19.9 Å². The van der Waals surface area contributed by atoms with Crippen molar-refractivity contribution in [3.8, 4) is 0 Å². The van der Waals surface area contributed by atoms with Crippen LogP contribution >= 0.6 is 0 Å². The molecule has 0 N–H and O–H groups in total. The Balaban J connectivity index is 1.89. The molecular formula is C32H44O2Si2. The molecule has 0 bridgehead atoms. The molecule has 2 atom stereocenters. The van der Waals surface area contributed by atoms with Gasteiger partial charge in [-0.15, -0.1) is 6.58 Å². The highest BCUT2D eigenvalue weighted by Gasteiger charge is 2.50. The van der Waals surface area contributed by atoms with Gasteiger partial charge in [-0.05, 0) is 33.8 Å². The molecular weight excluding hydrogens is 473 g/mol. The van der Waals surface area contributed by atoms with E-state index in [1.807, 2.05) is 6.08 Å². The molecule has 3 aromatic carbocycles. The fourth-order valence-corrected chi connectivity index (χ4v) is 11.5. The van der Waals surface area contributed by atoms with Crippen LogP contribution in [0.3, 0.4) is 0 Å². The molecule has 36 heavy (non-hydrogen) atoms. The molecule has 0 aromatic heterocycles. The lowest BCUT2D eigenvalue weighted by Crippen LogP contribution is -2.66. The van der Waals surface area contributed by atoms with Crippen LogP contribution in [0.4, 0.5) is 0 Å². The van der Waals surface area contributed by atoms with Crippen molar-refractivity contribution in [2.75, 3.05) is 6.61 Å². The van der Waals surface area contributed by atoms with Gasteiger partial charge in [-0.25, -0.2) is 0 Å². The van der Waals surface area contributed by atoms with Crippen LogP contribution in [-0.2, 0) is 9.16 Å². The minimum Gasteiger partial charge on any atom is -0.407 e. The molecule has 3 rings (SSSR count). The highest BCUT2D eigenvalue weighted by Crippen LogP contribution is 2.37. The summed E-state index contributed by atoms with van der Waals surface area (Å²) >= 11 is 0. The maximum absolute atomic E-state index is 7.15. The van der Waals surface area contributed by atoms with Gasteiger partial charge in [0.25, 0.3) is 8.32 Å². The molecule has 2 nitrogen and oxygen atoms in total. The van der Waals surface area contributed by atoms with Gasteiger partial charge in [0.15, 0.2) is 0 Å². The summed E-state index contributed by atoms with van der Waals surface area (Å²) in [5.41, 5.74) is 1.41. The van der Waals surface area contributed by atoms with E-state index >= 15 is 0 Å². The second-order valence-electron chi connectivity index (χ2n) is 11.7. The lowest BCUT2D eigenvalue weighted by molar-refractivity contribution is 0.0127. The molecule has 0 saturated heterocycles. The summed E-state index contributed by atoms with van der Waals surface area (Å²) in [6.07, 6.45) is 3.71. The Morgan fingerprint density at radius 1 is 0.778 bits per heavy atom. The van der Waals surface area contributed by atoms with Crippen molar-refractivity contribution in [3.63, 3.8) is 0 Å². The van der Waals surface area contributed by atoms with Gasteiger partial charge in [0.2, 0.25) is 0 Å². The zero-order valence-corrected chi connectivity index (χ0v) is 25.0. The van der Waals surface area contributed by atoms with Crippen molar-refractivity contribution < 1.29 is 9.16 Å². The number of hydrogen-bond donors (Lipinski definition) is 0. The summed E-state index contributed by atoms with van der Waals surface area (Å²) in [6.45, 7) is 18.8. The van der Waals surface area contributed by atoms with Crippen LogP contribution in [0, 0.1) is 0 Å². The fourth-order valence-electron chi connectivity index (χ4n) is 5.14. The van der Waals surface area contributed by atoms with E-state index in [-0.39, 0.29) is 16.9 Å². The second kappa shape index (κ2) is 12.3. The van der Waals surface area contributed by atoms with Gasteiger partial charge in [0.1, 0.15) is 0 Å². The Morgan fingerprint density at radius 3 is 1.67 bits per heavy atom. The standard InChI is InChI=1S/C32H44O2Si2/c1-8-18-28(34-31(35(5,6)7)27-19-12-9-13-20-27)25-26-33-36(32(2,3)4,29-21-14-10-15-22-29)30-23-16-11-17-24-30/h8-17,19-24,28,31H,1,18,25-26H2,2-7H3/t28-,31-/m0/s1. The Hall–Kier alpha value is -2.25. The smallest absolute Gasteiger partial charge is 0.261 e. The average Bonchev–Trinajstić information content (AvgIpc) is 2.85. The topological polar surface area (TPSA) is 18.5 Å². The third kappa shape index (κ3) is 6.74. The molecule has 0 saturated carbocycles. The van der Waals surface area contributed by atoms with E-state index in [0.29, 0.717) is 6.61 Å². The molecule has 0 unspecified atom stereocenters. The molecule has 192 valence electrons. The largest absolute Gasteiger partial charge is 0.407 e. The summed E-state index contributed by atoms with van der Waals surface area (Å²) in [4.78, 5) is 0. The first-order valence-electron chi connectivity index (χ1n) is 13.2. The summed E-state index contributed by atoms with van der Waals surface area (Å²) in [5.74, 6) is 0. The third-order valence-electron chi connectivity index (χ3n) is 6.82. The number of rotatable bonds is 12. The first kappa shape index (κ1) is 28.3. The van der Waals surface area contributed by atoms with Gasteiger partial charge in [-0.3, -0.25) is 0 Å². The van der Waals surface area contributed by atoms with Crippen LogP contribution < -0.4 is 10.4 Å². The van der Waals surface area contributed by atoms with Crippen molar-refractivity contribution in [2.45, 2.75) is 70.1 Å². The molecule has 0 radical (unpaired) electrons. The maximum atomic E-state index is 7.15. The Morgan fingerprint density at radius 2 is 1.25 bits per heavy atom. The van der Waals surface area contributed by atoms with Gasteiger partial charge in [-0.2, -0.15) is 0 Å². The molecule has 0 aliphatic carbocycles. The van der Waals surface area contributed by atoms with Gasteiger partial charge >= 0.3 is 0 Å². The minimum atomic E-state index is -2.55. The van der Waals surface area contributed by atoms with E-state index in [1.54, 1.807) is 0 Å². The van der Waals surface area contributed by atoms with Crippen LogP contribution in [0.5, 0.6) is 0 Å². The summed E-state index contributed by atoms with van der Waals surface area (Å²) in [6, 6.07) is 32.4. The van der Waals surface area contributed by atoms with E-state index < -0.39 is 16.4 Å². The van der Waals surface area contributed by atoms with Crippen LogP contribution in [0.15, 0.2) is 104 Å². The molecule has 0 fully saturated rings. The first-order chi connectivity index (χ1) is 17.1. The Labute approximate surface area is 221 Å². The van der Waals surface area contributed by atoms with E-state index in [1.165, 1.54) is 15.9 Å². The van der Waals surface area contributed by atoms with Crippen LogP contribution in [-0.4, -0.2) is 29.1 Å². The van der Waals surface area contributed by atoms with Gasteiger partial charge in [-0.1, -0.05) is 137 Å². The summed E-state index contributed by atoms with van der Waals surface area (Å²) < 4.78 is 14.0.